The van der Waals surface area contributed by atoms with Crippen molar-refractivity contribution in [3.8, 4) is 5.82 Å². The summed E-state index contributed by atoms with van der Waals surface area (Å²) in [5, 5.41) is 13.4. The van der Waals surface area contributed by atoms with E-state index in [2.05, 4.69) is 31.0 Å². The molecule has 34 heavy (non-hydrogen) atoms. The maximum Gasteiger partial charge on any atom is 0.279 e. The van der Waals surface area contributed by atoms with Crippen LogP contribution in [-0.2, 0) is 4.74 Å². The summed E-state index contributed by atoms with van der Waals surface area (Å²) in [6.45, 7) is 0. The third kappa shape index (κ3) is 3.86. The van der Waals surface area contributed by atoms with E-state index >= 15 is 0 Å². The van der Waals surface area contributed by atoms with Crippen molar-refractivity contribution in [3.63, 3.8) is 0 Å². The molecular weight excluding hydrogens is 436 g/mol. The Morgan fingerprint density at radius 1 is 1.21 bits per heavy atom. The summed E-state index contributed by atoms with van der Waals surface area (Å²) in [7, 11) is 3.39. The van der Waals surface area contributed by atoms with Crippen LogP contribution in [0.5, 0.6) is 0 Å². The van der Waals surface area contributed by atoms with Gasteiger partial charge in [-0.2, -0.15) is 9.61 Å². The SMILES string of the molecule is CNc1cc(Nc2cccn(-c3ccccn3)c2=O)nc2c(C(=O)N[C@@H]3CC[C@H]3OC)cnn12. The molecule has 1 fully saturated rings. The Hall–Kier alpha value is -4.25. The molecule has 0 bridgehead atoms. The van der Waals surface area contributed by atoms with E-state index in [4.69, 9.17) is 4.74 Å². The van der Waals surface area contributed by atoms with Crippen LogP contribution in [0.25, 0.3) is 11.5 Å². The number of anilines is 3. The molecule has 1 aliphatic rings. The van der Waals surface area contributed by atoms with E-state index in [1.165, 1.54) is 10.8 Å². The monoisotopic (exact) mass is 460 g/mol. The Labute approximate surface area is 194 Å². The minimum absolute atomic E-state index is 0.0169. The zero-order chi connectivity index (χ0) is 23.7. The largest absolute Gasteiger partial charge is 0.379 e. The first-order valence-electron chi connectivity index (χ1n) is 10.9. The number of aromatic nitrogens is 5. The van der Waals surface area contributed by atoms with Crippen LogP contribution in [0.2, 0.25) is 0 Å². The van der Waals surface area contributed by atoms with Gasteiger partial charge in [-0.05, 0) is 37.1 Å². The lowest BCUT2D eigenvalue weighted by atomic mass is 9.89. The summed E-state index contributed by atoms with van der Waals surface area (Å²) in [6.07, 6.45) is 6.56. The zero-order valence-corrected chi connectivity index (χ0v) is 18.7. The van der Waals surface area contributed by atoms with Crippen molar-refractivity contribution in [2.24, 2.45) is 0 Å². The van der Waals surface area contributed by atoms with Crippen LogP contribution >= 0.6 is 0 Å². The first-order valence-corrected chi connectivity index (χ1v) is 10.9. The minimum Gasteiger partial charge on any atom is -0.379 e. The van der Waals surface area contributed by atoms with Crippen molar-refractivity contribution in [1.82, 2.24) is 29.5 Å². The van der Waals surface area contributed by atoms with E-state index in [1.807, 2.05) is 6.07 Å². The van der Waals surface area contributed by atoms with Gasteiger partial charge < -0.3 is 20.7 Å². The van der Waals surface area contributed by atoms with Gasteiger partial charge in [0.15, 0.2) is 5.65 Å². The topological polar surface area (TPSA) is 127 Å². The molecule has 5 rings (SSSR count). The van der Waals surface area contributed by atoms with Crippen LogP contribution in [-0.4, -0.2) is 56.4 Å². The van der Waals surface area contributed by atoms with Gasteiger partial charge in [-0.1, -0.05) is 6.07 Å². The average molecular weight is 460 g/mol. The molecular formula is C23H24N8O3. The fourth-order valence-electron chi connectivity index (χ4n) is 3.93. The summed E-state index contributed by atoms with van der Waals surface area (Å²) in [4.78, 5) is 34.8. The minimum atomic E-state index is -0.282. The van der Waals surface area contributed by atoms with E-state index in [9.17, 15) is 9.59 Å². The molecule has 4 heterocycles. The number of rotatable bonds is 7. The fourth-order valence-corrected chi connectivity index (χ4v) is 3.93. The number of hydrogen-bond acceptors (Lipinski definition) is 8. The maximum absolute atomic E-state index is 13.1. The van der Waals surface area contributed by atoms with E-state index < -0.39 is 0 Å². The van der Waals surface area contributed by atoms with E-state index in [1.54, 1.807) is 61.4 Å². The maximum atomic E-state index is 13.1. The Bertz CT molecular complexity index is 1400. The molecule has 1 aliphatic carbocycles. The van der Waals surface area contributed by atoms with Crippen molar-refractivity contribution in [2.75, 3.05) is 24.8 Å². The lowest BCUT2D eigenvalue weighted by Gasteiger charge is -2.35. The van der Waals surface area contributed by atoms with Crippen molar-refractivity contribution < 1.29 is 9.53 Å². The molecule has 4 aromatic heterocycles. The predicted octanol–water partition coefficient (Wildman–Crippen LogP) is 1.97. The van der Waals surface area contributed by atoms with Crippen LogP contribution in [0.1, 0.15) is 23.2 Å². The molecule has 0 radical (unpaired) electrons. The smallest absolute Gasteiger partial charge is 0.279 e. The lowest BCUT2D eigenvalue weighted by molar-refractivity contribution is 0.00732. The van der Waals surface area contributed by atoms with E-state index in [0.717, 1.165) is 12.8 Å². The van der Waals surface area contributed by atoms with E-state index in [-0.39, 0.29) is 23.6 Å². The molecule has 2 atom stereocenters. The van der Waals surface area contributed by atoms with Crippen LogP contribution < -0.4 is 21.5 Å². The number of amides is 1. The van der Waals surface area contributed by atoms with Gasteiger partial charge in [0.1, 0.15) is 28.7 Å². The summed E-state index contributed by atoms with van der Waals surface area (Å²) in [5.74, 6) is 1.23. The molecule has 0 saturated heterocycles. The van der Waals surface area contributed by atoms with Crippen molar-refractivity contribution in [3.05, 3.63) is 70.9 Å². The summed E-state index contributed by atoms with van der Waals surface area (Å²) in [5.41, 5.74) is 0.730. The van der Waals surface area contributed by atoms with Crippen molar-refractivity contribution >= 4 is 28.9 Å². The highest BCUT2D eigenvalue weighted by Crippen LogP contribution is 2.24. The molecule has 0 unspecified atom stereocenters. The standard InChI is InChI=1S/C23H24N8O3/c1-24-20-12-18(27-16-6-5-11-30(23(16)33)19-7-3-4-10-25-19)29-21-14(13-26-31(20)21)22(32)28-15-8-9-17(15)34-2/h3-7,10-13,15,17,24H,8-9H2,1-2H3,(H,27,29)(H,28,32)/t15-,17-/m1/s1. The number of methoxy groups -OCH3 is 1. The molecule has 174 valence electrons. The number of nitrogens with zero attached hydrogens (tertiary/aromatic N) is 5. The molecule has 0 aliphatic heterocycles. The van der Waals surface area contributed by atoms with Crippen LogP contribution in [0.15, 0.2) is 59.8 Å². The quantitative estimate of drug-likeness (QED) is 0.382. The lowest BCUT2D eigenvalue weighted by Crippen LogP contribution is -2.51. The number of pyridine rings is 2. The highest BCUT2D eigenvalue weighted by atomic mass is 16.5. The predicted molar refractivity (Wildman–Crippen MR) is 127 cm³/mol. The third-order valence-electron chi connectivity index (χ3n) is 5.91. The fraction of sp³-hybridized carbons (Fsp3) is 0.261. The summed E-state index contributed by atoms with van der Waals surface area (Å²) >= 11 is 0. The molecule has 1 saturated carbocycles. The van der Waals surface area contributed by atoms with Crippen LogP contribution in [0.3, 0.4) is 0 Å². The van der Waals surface area contributed by atoms with Gasteiger partial charge in [0, 0.05) is 32.6 Å². The van der Waals surface area contributed by atoms with Gasteiger partial charge in [0.2, 0.25) is 0 Å². The number of carbonyl (C=O) groups excluding carboxylic acids is 1. The number of hydrogen-bond donors (Lipinski definition) is 3. The Kier molecular flexibility index (Phi) is 5.68. The van der Waals surface area contributed by atoms with Gasteiger partial charge >= 0.3 is 0 Å². The highest BCUT2D eigenvalue weighted by molar-refractivity contribution is 6.00. The number of nitrogens with one attached hydrogen (secondary N) is 3. The van der Waals surface area contributed by atoms with Crippen molar-refractivity contribution in [2.45, 2.75) is 25.0 Å². The van der Waals surface area contributed by atoms with E-state index in [0.29, 0.717) is 34.4 Å². The summed E-state index contributed by atoms with van der Waals surface area (Å²) in [6, 6.07) is 10.4. The second kappa shape index (κ2) is 8.94. The Morgan fingerprint density at radius 2 is 2.09 bits per heavy atom. The average Bonchev–Trinajstić information content (AvgIpc) is 3.27. The number of carbonyl (C=O) groups is 1. The molecule has 3 N–H and O–H groups in total. The second-order valence-corrected chi connectivity index (χ2v) is 7.91. The molecule has 0 spiro atoms. The Balaban J connectivity index is 1.48. The first-order chi connectivity index (χ1) is 16.6. The normalized spacial score (nSPS) is 17.2. The molecule has 0 aromatic carbocycles. The van der Waals surface area contributed by atoms with Gasteiger partial charge in [0.25, 0.3) is 11.5 Å². The van der Waals surface area contributed by atoms with Gasteiger partial charge in [-0.3, -0.25) is 14.2 Å². The zero-order valence-electron chi connectivity index (χ0n) is 18.7. The summed E-state index contributed by atoms with van der Waals surface area (Å²) < 4.78 is 8.37. The Morgan fingerprint density at radius 3 is 2.79 bits per heavy atom. The number of ether oxygens (including phenoxy) is 1. The molecule has 11 nitrogen and oxygen atoms in total. The third-order valence-corrected chi connectivity index (χ3v) is 5.91. The van der Waals surface area contributed by atoms with Gasteiger partial charge in [-0.25, -0.2) is 9.97 Å². The van der Waals surface area contributed by atoms with Gasteiger partial charge in [-0.15, -0.1) is 0 Å². The number of fused-ring (bicyclic) bond motifs is 1. The highest BCUT2D eigenvalue weighted by Gasteiger charge is 2.33. The molecule has 11 heteroatoms. The van der Waals surface area contributed by atoms with Crippen molar-refractivity contribution in [1.29, 1.82) is 0 Å². The second-order valence-electron chi connectivity index (χ2n) is 7.91. The molecule has 4 aromatic rings. The molecule has 1 amide bonds. The van der Waals surface area contributed by atoms with Crippen LogP contribution in [0, 0.1) is 0 Å². The van der Waals surface area contributed by atoms with Gasteiger partial charge in [0.05, 0.1) is 18.3 Å². The van der Waals surface area contributed by atoms with Crippen LogP contribution in [0.4, 0.5) is 17.3 Å². The first kappa shape index (κ1) is 21.6.